The molecule has 1 aliphatic heterocycles. The number of aromatic hydroxyl groups is 1. The van der Waals surface area contributed by atoms with Crippen molar-refractivity contribution in [2.75, 3.05) is 26.2 Å². The molecule has 0 unspecified atom stereocenters. The summed E-state index contributed by atoms with van der Waals surface area (Å²) in [5, 5.41) is 11.8. The minimum atomic E-state index is 0.254. The van der Waals surface area contributed by atoms with Gasteiger partial charge in [-0.1, -0.05) is 42.0 Å². The van der Waals surface area contributed by atoms with Gasteiger partial charge in [0.15, 0.2) is 5.06 Å². The first-order valence-corrected chi connectivity index (χ1v) is 11.9. The van der Waals surface area contributed by atoms with Gasteiger partial charge < -0.3 is 14.6 Å². The molecule has 4 aromatic rings. The van der Waals surface area contributed by atoms with Crippen LogP contribution in [0.5, 0.6) is 22.3 Å². The Morgan fingerprint density at radius 3 is 2.44 bits per heavy atom. The van der Waals surface area contributed by atoms with Crippen molar-refractivity contribution in [3.63, 3.8) is 0 Å². The van der Waals surface area contributed by atoms with Crippen LogP contribution < -0.4 is 9.47 Å². The van der Waals surface area contributed by atoms with E-state index in [-0.39, 0.29) is 5.75 Å². The van der Waals surface area contributed by atoms with Crippen molar-refractivity contribution in [3.05, 3.63) is 72.8 Å². The molecule has 1 radical (unpaired) electrons. The lowest BCUT2D eigenvalue weighted by Crippen LogP contribution is -2.33. The summed E-state index contributed by atoms with van der Waals surface area (Å²) in [5.41, 5.74) is 2.09. The van der Waals surface area contributed by atoms with Crippen molar-refractivity contribution >= 4 is 21.4 Å². The van der Waals surface area contributed by atoms with Gasteiger partial charge in [0.05, 0.1) is 0 Å². The van der Waals surface area contributed by atoms with E-state index in [4.69, 9.17) is 9.47 Å². The number of hydrogen-bond donors (Lipinski definition) is 1. The third kappa shape index (κ3) is 4.74. The normalized spacial score (nSPS) is 14.5. The van der Waals surface area contributed by atoms with Crippen molar-refractivity contribution in [2.45, 2.75) is 19.3 Å². The van der Waals surface area contributed by atoms with Crippen LogP contribution in [0, 0.1) is 6.07 Å². The predicted octanol–water partition coefficient (Wildman–Crippen LogP) is 6.73. The van der Waals surface area contributed by atoms with Crippen LogP contribution >= 0.6 is 11.3 Å². The second-order valence-electron chi connectivity index (χ2n) is 8.06. The van der Waals surface area contributed by atoms with Gasteiger partial charge in [0.2, 0.25) is 0 Å². The minimum Gasteiger partial charge on any atom is -0.508 e. The van der Waals surface area contributed by atoms with Crippen molar-refractivity contribution < 1.29 is 14.6 Å². The topological polar surface area (TPSA) is 41.9 Å². The van der Waals surface area contributed by atoms with Gasteiger partial charge in [0.25, 0.3) is 0 Å². The van der Waals surface area contributed by atoms with E-state index in [0.29, 0.717) is 6.61 Å². The van der Waals surface area contributed by atoms with E-state index in [1.165, 1.54) is 43.7 Å². The average Bonchev–Trinajstić information content (AvgIpc) is 3.18. The van der Waals surface area contributed by atoms with Crippen LogP contribution in [0.3, 0.4) is 0 Å². The van der Waals surface area contributed by atoms with Gasteiger partial charge in [-0.3, -0.25) is 4.90 Å². The van der Waals surface area contributed by atoms with Crippen LogP contribution in [0.25, 0.3) is 21.2 Å². The highest BCUT2D eigenvalue weighted by Gasteiger charge is 2.17. The van der Waals surface area contributed by atoms with Gasteiger partial charge >= 0.3 is 0 Å². The molecule has 1 N–H and O–H groups in total. The van der Waals surface area contributed by atoms with Crippen LogP contribution in [0.1, 0.15) is 19.3 Å². The van der Waals surface area contributed by atoms with E-state index < -0.39 is 0 Å². The number of phenols is 1. The highest BCUT2D eigenvalue weighted by molar-refractivity contribution is 7.21. The number of likely N-dealkylation sites (tertiary alicyclic amines) is 1. The lowest BCUT2D eigenvalue weighted by Gasteiger charge is -2.26. The molecule has 1 fully saturated rings. The molecule has 0 spiro atoms. The van der Waals surface area contributed by atoms with Gasteiger partial charge in [-0.05, 0) is 80.0 Å². The molecule has 2 heterocycles. The molecule has 3 aromatic carbocycles. The second kappa shape index (κ2) is 9.63. The Balaban J connectivity index is 1.32. The van der Waals surface area contributed by atoms with Crippen LogP contribution in [0.15, 0.2) is 66.7 Å². The lowest BCUT2D eigenvalue weighted by molar-refractivity contribution is 0.183. The molecular formula is C27H26NO3S. The first-order valence-electron chi connectivity index (χ1n) is 11.1. The molecular weight excluding hydrogens is 418 g/mol. The number of rotatable bonds is 7. The van der Waals surface area contributed by atoms with Crippen LogP contribution in [-0.2, 0) is 0 Å². The van der Waals surface area contributed by atoms with Gasteiger partial charge in [0, 0.05) is 22.2 Å². The zero-order valence-electron chi connectivity index (χ0n) is 17.9. The summed E-state index contributed by atoms with van der Waals surface area (Å²) in [6.07, 6.45) is 3.95. The molecule has 5 rings (SSSR count). The Hall–Kier alpha value is -3.02. The number of thiophene rings is 1. The monoisotopic (exact) mass is 444 g/mol. The molecule has 0 aliphatic carbocycles. The van der Waals surface area contributed by atoms with Gasteiger partial charge in [-0.25, -0.2) is 0 Å². The predicted molar refractivity (Wildman–Crippen MR) is 130 cm³/mol. The summed E-state index contributed by atoms with van der Waals surface area (Å²) < 4.78 is 13.2. The van der Waals surface area contributed by atoms with E-state index in [0.717, 1.165) is 44.3 Å². The molecule has 1 aliphatic rings. The summed E-state index contributed by atoms with van der Waals surface area (Å²) in [6.45, 7) is 4.05. The highest BCUT2D eigenvalue weighted by Crippen LogP contribution is 2.47. The third-order valence-electron chi connectivity index (χ3n) is 5.81. The Labute approximate surface area is 192 Å². The number of nitrogens with zero attached hydrogens (tertiary/aromatic N) is 1. The fourth-order valence-electron chi connectivity index (χ4n) is 4.15. The maximum atomic E-state index is 9.92. The fraction of sp³-hybridized carbons (Fsp3) is 0.259. The molecule has 4 nitrogen and oxygen atoms in total. The van der Waals surface area contributed by atoms with Crippen molar-refractivity contribution in [1.82, 2.24) is 4.90 Å². The van der Waals surface area contributed by atoms with E-state index in [1.54, 1.807) is 12.1 Å². The van der Waals surface area contributed by atoms with Crippen molar-refractivity contribution in [2.24, 2.45) is 0 Å². The Bertz CT molecular complexity index is 1160. The molecule has 32 heavy (non-hydrogen) atoms. The Kier molecular flexibility index (Phi) is 6.28. The molecule has 1 aromatic heterocycles. The molecule has 0 amide bonds. The van der Waals surface area contributed by atoms with Crippen LogP contribution in [-0.4, -0.2) is 36.2 Å². The fourth-order valence-corrected chi connectivity index (χ4v) is 5.28. The zero-order valence-corrected chi connectivity index (χ0v) is 18.7. The molecule has 0 atom stereocenters. The van der Waals surface area contributed by atoms with Crippen molar-refractivity contribution in [1.29, 1.82) is 0 Å². The third-order valence-corrected chi connectivity index (χ3v) is 6.84. The second-order valence-corrected chi connectivity index (χ2v) is 9.07. The summed E-state index contributed by atoms with van der Waals surface area (Å²) in [7, 11) is 0. The number of piperidine rings is 1. The number of benzene rings is 3. The number of ether oxygens (including phenoxy) is 2. The molecule has 0 saturated carbocycles. The van der Waals surface area contributed by atoms with Crippen molar-refractivity contribution in [3.8, 4) is 33.4 Å². The summed E-state index contributed by atoms with van der Waals surface area (Å²) in [6, 6.07) is 24.2. The maximum absolute atomic E-state index is 9.92. The first kappa shape index (κ1) is 20.9. The first-order chi connectivity index (χ1) is 15.8. The van der Waals surface area contributed by atoms with E-state index >= 15 is 0 Å². The van der Waals surface area contributed by atoms with Gasteiger partial charge in [-0.2, -0.15) is 0 Å². The highest BCUT2D eigenvalue weighted by atomic mass is 32.1. The Morgan fingerprint density at radius 1 is 0.906 bits per heavy atom. The van der Waals surface area contributed by atoms with Gasteiger partial charge in [0.1, 0.15) is 23.9 Å². The van der Waals surface area contributed by atoms with Crippen LogP contribution in [0.4, 0.5) is 0 Å². The molecule has 163 valence electrons. The largest absolute Gasteiger partial charge is 0.508 e. The number of phenolic OH excluding ortho intramolecular Hbond substituents is 1. The van der Waals surface area contributed by atoms with E-state index in [2.05, 4.69) is 11.0 Å². The zero-order chi connectivity index (χ0) is 21.8. The molecule has 1 saturated heterocycles. The maximum Gasteiger partial charge on any atom is 0.189 e. The standard InChI is InChI=1S/C27H26NO3S/c29-21-9-14-24-25(19-21)32-27(26(24)20-7-3-1-4-8-20)31-23-12-10-22(11-13-23)30-18-17-28-15-5-2-6-16-28/h3-4,7-14,19,29H,2,5-6,15-18H2. The van der Waals surface area contributed by atoms with Crippen LogP contribution in [0.2, 0.25) is 0 Å². The van der Waals surface area contributed by atoms with E-state index in [1.807, 2.05) is 54.6 Å². The molecule has 5 heteroatoms. The van der Waals surface area contributed by atoms with Gasteiger partial charge in [-0.15, -0.1) is 0 Å². The number of fused-ring (bicyclic) bond motifs is 1. The lowest BCUT2D eigenvalue weighted by atomic mass is 10.0. The summed E-state index contributed by atoms with van der Waals surface area (Å²) in [4.78, 5) is 2.48. The number of hydrogen-bond acceptors (Lipinski definition) is 5. The van der Waals surface area contributed by atoms with E-state index in [9.17, 15) is 5.11 Å². The SMILES string of the molecule is Oc1ccc2c(-c3cc[c]cc3)c(Oc3ccc(OCCN4CCCCC4)cc3)sc2c1. The molecule has 0 bridgehead atoms. The average molecular weight is 445 g/mol. The Morgan fingerprint density at radius 2 is 1.66 bits per heavy atom. The summed E-state index contributed by atoms with van der Waals surface area (Å²) in [5.74, 6) is 1.87. The quantitative estimate of drug-likeness (QED) is 0.343. The minimum absolute atomic E-state index is 0.254. The smallest absolute Gasteiger partial charge is 0.189 e. The summed E-state index contributed by atoms with van der Waals surface area (Å²) >= 11 is 1.53.